The first kappa shape index (κ1) is 22.5. The molecule has 1 aromatic heterocycles. The molecule has 6 nitrogen and oxygen atoms in total. The molecule has 31 heavy (non-hydrogen) atoms. The number of aryl methyl sites for hydroxylation is 1. The van der Waals surface area contributed by atoms with Crippen LogP contribution in [0.2, 0.25) is 0 Å². The van der Waals surface area contributed by atoms with Crippen molar-refractivity contribution in [1.29, 1.82) is 0 Å². The molecule has 0 atom stereocenters. The number of hydrogen-bond acceptors (Lipinski definition) is 6. The van der Waals surface area contributed by atoms with E-state index in [4.69, 9.17) is 14.2 Å². The van der Waals surface area contributed by atoms with Crippen LogP contribution in [0.1, 0.15) is 16.3 Å². The number of nitrogens with one attached hydrogen (secondary N) is 1. The minimum absolute atomic E-state index is 0.245. The number of aromatic nitrogens is 1. The van der Waals surface area contributed by atoms with E-state index in [0.717, 1.165) is 16.3 Å². The number of thiazole rings is 1. The van der Waals surface area contributed by atoms with E-state index in [1.165, 1.54) is 24.3 Å². The summed E-state index contributed by atoms with van der Waals surface area (Å²) < 4.78 is 30.0. The molecular weight excluding hydrogens is 419 g/mol. The lowest BCUT2D eigenvalue weighted by atomic mass is 10.2. The van der Waals surface area contributed by atoms with Gasteiger partial charge in [0.15, 0.2) is 0 Å². The van der Waals surface area contributed by atoms with Gasteiger partial charge in [-0.1, -0.05) is 18.2 Å². The number of nitrogens with zero attached hydrogens (tertiary/aromatic N) is 1. The van der Waals surface area contributed by atoms with E-state index in [0.29, 0.717) is 24.7 Å². The number of methoxy groups -OCH3 is 1. The van der Waals surface area contributed by atoms with E-state index in [1.54, 1.807) is 24.5 Å². The second-order valence-electron chi connectivity index (χ2n) is 6.49. The zero-order valence-electron chi connectivity index (χ0n) is 17.3. The maximum absolute atomic E-state index is 13.6. The number of carbonyl (C=O) groups is 1. The van der Waals surface area contributed by atoms with Gasteiger partial charge >= 0.3 is 0 Å². The number of carbonyl (C=O) groups excluding carboxylic acids is 1. The van der Waals surface area contributed by atoms with Crippen molar-refractivity contribution < 1.29 is 23.4 Å². The molecule has 3 aromatic rings. The van der Waals surface area contributed by atoms with Gasteiger partial charge in [0.1, 0.15) is 30.5 Å². The van der Waals surface area contributed by atoms with Crippen LogP contribution in [-0.4, -0.2) is 31.2 Å². The molecule has 0 saturated carbocycles. The molecule has 0 aliphatic carbocycles. The zero-order chi connectivity index (χ0) is 22.1. The van der Waals surface area contributed by atoms with Gasteiger partial charge in [0.25, 0.3) is 0 Å². The lowest BCUT2D eigenvalue weighted by Crippen LogP contribution is -2.11. The van der Waals surface area contributed by atoms with Gasteiger partial charge < -0.3 is 19.5 Å². The van der Waals surface area contributed by atoms with E-state index in [-0.39, 0.29) is 12.3 Å². The SMILES string of the molecule is COCCOc1ccc(F)cc1NC(=O)C=Cc1ccccc1OCc1csc(C)n1. The topological polar surface area (TPSA) is 69.7 Å². The van der Waals surface area contributed by atoms with Gasteiger partial charge in [-0.25, -0.2) is 9.37 Å². The zero-order valence-corrected chi connectivity index (χ0v) is 18.1. The van der Waals surface area contributed by atoms with Crippen molar-refractivity contribution in [3.8, 4) is 11.5 Å². The molecule has 1 heterocycles. The van der Waals surface area contributed by atoms with Gasteiger partial charge in [-0.3, -0.25) is 4.79 Å². The third-order valence-corrected chi connectivity index (χ3v) is 4.94. The summed E-state index contributed by atoms with van der Waals surface area (Å²) in [6.45, 7) is 2.94. The predicted molar refractivity (Wildman–Crippen MR) is 119 cm³/mol. The van der Waals surface area contributed by atoms with E-state index < -0.39 is 11.7 Å². The Balaban J connectivity index is 1.66. The number of ether oxygens (including phenoxy) is 3. The number of para-hydroxylation sites is 1. The molecule has 0 fully saturated rings. The van der Waals surface area contributed by atoms with Gasteiger partial charge in [0, 0.05) is 30.2 Å². The number of rotatable bonds is 10. The van der Waals surface area contributed by atoms with Crippen LogP contribution in [0.5, 0.6) is 11.5 Å². The Morgan fingerprint density at radius 1 is 1.16 bits per heavy atom. The van der Waals surface area contributed by atoms with Gasteiger partial charge in [0.05, 0.1) is 23.0 Å². The summed E-state index contributed by atoms with van der Waals surface area (Å²) in [5, 5.41) is 5.58. The van der Waals surface area contributed by atoms with E-state index in [2.05, 4.69) is 10.3 Å². The lowest BCUT2D eigenvalue weighted by Gasteiger charge is -2.12. The second-order valence-corrected chi connectivity index (χ2v) is 7.55. The van der Waals surface area contributed by atoms with Crippen molar-refractivity contribution in [1.82, 2.24) is 4.98 Å². The highest BCUT2D eigenvalue weighted by atomic mass is 32.1. The molecule has 8 heteroatoms. The van der Waals surface area contributed by atoms with Gasteiger partial charge in [0.2, 0.25) is 5.91 Å². The standard InChI is InChI=1S/C23H23FN2O4S/c1-16-25-19(15-31-16)14-30-21-6-4-3-5-17(21)7-10-23(27)26-20-13-18(24)8-9-22(20)29-12-11-28-2/h3-10,13,15H,11-12,14H2,1-2H3,(H,26,27). The Hall–Kier alpha value is -3.23. The summed E-state index contributed by atoms with van der Waals surface area (Å²) in [7, 11) is 1.56. The maximum atomic E-state index is 13.6. The minimum atomic E-state index is -0.477. The molecule has 0 spiro atoms. The van der Waals surface area contributed by atoms with Gasteiger partial charge in [-0.05, 0) is 31.2 Å². The van der Waals surface area contributed by atoms with Crippen molar-refractivity contribution in [3.63, 3.8) is 0 Å². The summed E-state index contributed by atoms with van der Waals surface area (Å²) in [5.41, 5.74) is 1.83. The van der Waals surface area contributed by atoms with Crippen LogP contribution >= 0.6 is 11.3 Å². The van der Waals surface area contributed by atoms with Crippen molar-refractivity contribution in [2.75, 3.05) is 25.6 Å². The number of hydrogen-bond donors (Lipinski definition) is 1. The van der Waals surface area contributed by atoms with E-state index in [9.17, 15) is 9.18 Å². The summed E-state index contributed by atoms with van der Waals surface area (Å²) in [5.74, 6) is 0.0931. The predicted octanol–water partition coefficient (Wildman–Crippen LogP) is 4.85. The van der Waals surface area contributed by atoms with Crippen molar-refractivity contribution in [3.05, 3.63) is 76.0 Å². The fourth-order valence-corrected chi connectivity index (χ4v) is 3.27. The first-order valence-corrected chi connectivity index (χ1v) is 10.5. The Morgan fingerprint density at radius 2 is 2.00 bits per heavy atom. The molecule has 1 N–H and O–H groups in total. The van der Waals surface area contributed by atoms with Crippen LogP contribution in [0.4, 0.5) is 10.1 Å². The lowest BCUT2D eigenvalue weighted by molar-refractivity contribution is -0.111. The summed E-state index contributed by atoms with van der Waals surface area (Å²) in [4.78, 5) is 16.8. The monoisotopic (exact) mass is 442 g/mol. The van der Waals surface area contributed by atoms with E-state index in [1.807, 2.05) is 36.6 Å². The summed E-state index contributed by atoms with van der Waals surface area (Å²) in [6.07, 6.45) is 3.00. The molecule has 0 unspecified atom stereocenters. The smallest absolute Gasteiger partial charge is 0.248 e. The number of amides is 1. The number of anilines is 1. The minimum Gasteiger partial charge on any atom is -0.489 e. The molecule has 162 valence electrons. The second kappa shape index (κ2) is 11.2. The molecule has 0 aliphatic heterocycles. The van der Waals surface area contributed by atoms with Gasteiger partial charge in [-0.15, -0.1) is 11.3 Å². The average Bonchev–Trinajstić information content (AvgIpc) is 3.18. The first-order valence-electron chi connectivity index (χ1n) is 9.58. The fraction of sp³-hybridized carbons (Fsp3) is 0.217. The third kappa shape index (κ3) is 6.91. The highest BCUT2D eigenvalue weighted by molar-refractivity contribution is 7.09. The van der Waals surface area contributed by atoms with Crippen LogP contribution in [0.15, 0.2) is 53.9 Å². The quantitative estimate of drug-likeness (QED) is 0.359. The molecule has 0 aliphatic rings. The molecule has 3 rings (SSSR count). The van der Waals surface area contributed by atoms with Crippen LogP contribution in [-0.2, 0) is 16.1 Å². The number of halogens is 1. The molecule has 0 saturated heterocycles. The molecular formula is C23H23FN2O4S. The largest absolute Gasteiger partial charge is 0.489 e. The van der Waals surface area contributed by atoms with Crippen LogP contribution in [0, 0.1) is 12.7 Å². The normalized spacial score (nSPS) is 10.9. The van der Waals surface area contributed by atoms with Crippen LogP contribution in [0.3, 0.4) is 0 Å². The summed E-state index contributed by atoms with van der Waals surface area (Å²) >= 11 is 1.57. The Kier molecular flexibility index (Phi) is 8.14. The Morgan fingerprint density at radius 3 is 2.77 bits per heavy atom. The Labute approximate surface area is 184 Å². The molecule has 0 radical (unpaired) electrons. The van der Waals surface area contributed by atoms with Crippen LogP contribution in [0.25, 0.3) is 6.08 Å². The number of benzene rings is 2. The van der Waals surface area contributed by atoms with Crippen molar-refractivity contribution >= 4 is 29.0 Å². The van der Waals surface area contributed by atoms with Crippen molar-refractivity contribution in [2.24, 2.45) is 0 Å². The fourth-order valence-electron chi connectivity index (χ4n) is 2.68. The first-order chi connectivity index (χ1) is 15.0. The molecule has 0 bridgehead atoms. The maximum Gasteiger partial charge on any atom is 0.248 e. The highest BCUT2D eigenvalue weighted by Crippen LogP contribution is 2.26. The average molecular weight is 443 g/mol. The third-order valence-electron chi connectivity index (χ3n) is 4.12. The highest BCUT2D eigenvalue weighted by Gasteiger charge is 2.09. The van der Waals surface area contributed by atoms with Crippen LogP contribution < -0.4 is 14.8 Å². The summed E-state index contributed by atoms with van der Waals surface area (Å²) in [6, 6.07) is 11.3. The molecule has 1 amide bonds. The Bertz CT molecular complexity index is 1050. The van der Waals surface area contributed by atoms with Crippen molar-refractivity contribution in [2.45, 2.75) is 13.5 Å². The van der Waals surface area contributed by atoms with E-state index >= 15 is 0 Å². The molecule has 2 aromatic carbocycles. The van der Waals surface area contributed by atoms with Gasteiger partial charge in [-0.2, -0.15) is 0 Å².